The van der Waals surface area contributed by atoms with Gasteiger partial charge in [0.1, 0.15) is 5.60 Å². The zero-order chi connectivity index (χ0) is 13.5. The van der Waals surface area contributed by atoms with Gasteiger partial charge in [0.05, 0.1) is 6.04 Å². The Morgan fingerprint density at radius 2 is 2.06 bits per heavy atom. The third kappa shape index (κ3) is 2.53. The van der Waals surface area contributed by atoms with Crippen molar-refractivity contribution in [3.63, 3.8) is 0 Å². The Morgan fingerprint density at radius 1 is 1.39 bits per heavy atom. The fraction of sp³-hybridized carbons (Fsp3) is 0.786. The van der Waals surface area contributed by atoms with Gasteiger partial charge in [-0.2, -0.15) is 0 Å². The molecule has 1 N–H and O–H groups in total. The molecule has 102 valence electrons. The van der Waals surface area contributed by atoms with Crippen molar-refractivity contribution in [2.75, 3.05) is 6.54 Å². The van der Waals surface area contributed by atoms with Crippen LogP contribution in [0, 0.1) is 0 Å². The molecule has 2 bridgehead atoms. The predicted molar refractivity (Wildman–Crippen MR) is 71.5 cm³/mol. The highest BCUT2D eigenvalue weighted by Crippen LogP contribution is 2.33. The molecule has 18 heavy (non-hydrogen) atoms. The molecule has 0 aromatic rings. The largest absolute Gasteiger partial charge is 0.444 e. The van der Waals surface area contributed by atoms with Crippen LogP contribution in [0.1, 0.15) is 40.5 Å². The molecule has 2 rings (SSSR count). The van der Waals surface area contributed by atoms with Gasteiger partial charge in [0.2, 0.25) is 0 Å². The van der Waals surface area contributed by atoms with E-state index in [1.165, 1.54) is 0 Å². The minimum atomic E-state index is -0.430. The Morgan fingerprint density at radius 3 is 2.61 bits per heavy atom. The molecule has 2 fully saturated rings. The standard InChI is InChI=1S/C14H24N2O2/c1-9(2)12-11-7-6-10(8-15-12)16(11)13(17)18-14(3,4)5/h10-12,15H,1,6-8H2,2-5H3/t10-,11+,12-/m0/s1. The van der Waals surface area contributed by atoms with Crippen molar-refractivity contribution in [3.05, 3.63) is 12.2 Å². The molecular weight excluding hydrogens is 228 g/mol. The van der Waals surface area contributed by atoms with Crippen LogP contribution >= 0.6 is 0 Å². The molecule has 4 nitrogen and oxygen atoms in total. The average Bonchev–Trinajstić information content (AvgIpc) is 2.49. The van der Waals surface area contributed by atoms with E-state index in [9.17, 15) is 4.79 Å². The van der Waals surface area contributed by atoms with E-state index in [1.54, 1.807) is 0 Å². The van der Waals surface area contributed by atoms with Gasteiger partial charge in [0.15, 0.2) is 0 Å². The summed E-state index contributed by atoms with van der Waals surface area (Å²) in [6.07, 6.45) is 1.91. The highest BCUT2D eigenvalue weighted by atomic mass is 16.6. The van der Waals surface area contributed by atoms with Crippen molar-refractivity contribution < 1.29 is 9.53 Å². The van der Waals surface area contributed by atoms with Crippen LogP contribution in [-0.2, 0) is 4.74 Å². The van der Waals surface area contributed by atoms with E-state index in [2.05, 4.69) is 11.9 Å². The lowest BCUT2D eigenvalue weighted by Crippen LogP contribution is -2.60. The Hall–Kier alpha value is -1.03. The topological polar surface area (TPSA) is 41.6 Å². The van der Waals surface area contributed by atoms with Gasteiger partial charge >= 0.3 is 6.09 Å². The zero-order valence-electron chi connectivity index (χ0n) is 11.8. The van der Waals surface area contributed by atoms with Gasteiger partial charge in [-0.1, -0.05) is 12.2 Å². The van der Waals surface area contributed by atoms with Crippen molar-refractivity contribution in [1.29, 1.82) is 0 Å². The van der Waals surface area contributed by atoms with Crippen LogP contribution in [0.3, 0.4) is 0 Å². The van der Waals surface area contributed by atoms with Crippen molar-refractivity contribution >= 4 is 6.09 Å². The van der Waals surface area contributed by atoms with Gasteiger partial charge in [-0.15, -0.1) is 0 Å². The molecule has 0 spiro atoms. The summed E-state index contributed by atoms with van der Waals surface area (Å²) in [6.45, 7) is 12.6. The first-order chi connectivity index (χ1) is 8.29. The second kappa shape index (κ2) is 4.57. The van der Waals surface area contributed by atoms with Crippen LogP contribution in [0.5, 0.6) is 0 Å². The fourth-order valence-corrected chi connectivity index (χ4v) is 2.94. The molecule has 0 aliphatic carbocycles. The smallest absolute Gasteiger partial charge is 0.410 e. The van der Waals surface area contributed by atoms with E-state index in [0.29, 0.717) is 0 Å². The maximum atomic E-state index is 12.3. The third-order valence-corrected chi connectivity index (χ3v) is 3.64. The number of carbonyl (C=O) groups excluding carboxylic acids is 1. The van der Waals surface area contributed by atoms with E-state index in [1.807, 2.05) is 32.6 Å². The van der Waals surface area contributed by atoms with Crippen molar-refractivity contribution in [3.8, 4) is 0 Å². The first-order valence-corrected chi connectivity index (χ1v) is 6.69. The second-order valence-electron chi connectivity index (χ2n) is 6.42. The van der Waals surface area contributed by atoms with E-state index in [4.69, 9.17) is 4.74 Å². The normalized spacial score (nSPS) is 31.3. The van der Waals surface area contributed by atoms with Crippen LogP contribution in [0.25, 0.3) is 0 Å². The third-order valence-electron chi connectivity index (χ3n) is 3.64. The van der Waals surface area contributed by atoms with E-state index in [0.717, 1.165) is 25.0 Å². The lowest BCUT2D eigenvalue weighted by molar-refractivity contribution is 0.00627. The Labute approximate surface area is 109 Å². The predicted octanol–water partition coefficient (Wildman–Crippen LogP) is 2.30. The van der Waals surface area contributed by atoms with Gasteiger partial charge < -0.3 is 10.1 Å². The van der Waals surface area contributed by atoms with Crippen LogP contribution < -0.4 is 5.32 Å². The Balaban J connectivity index is 2.13. The minimum absolute atomic E-state index is 0.178. The van der Waals surface area contributed by atoms with Crippen molar-refractivity contribution in [1.82, 2.24) is 10.2 Å². The molecule has 0 radical (unpaired) electrons. The molecule has 2 saturated heterocycles. The maximum absolute atomic E-state index is 12.3. The summed E-state index contributed by atoms with van der Waals surface area (Å²) in [7, 11) is 0. The first kappa shape index (κ1) is 13.4. The van der Waals surface area contributed by atoms with Gasteiger partial charge in [-0.3, -0.25) is 4.90 Å². The lowest BCUT2D eigenvalue weighted by atomic mass is 9.99. The number of rotatable bonds is 1. The molecule has 2 heterocycles. The zero-order valence-corrected chi connectivity index (χ0v) is 11.8. The van der Waals surface area contributed by atoms with Gasteiger partial charge in [0, 0.05) is 18.6 Å². The molecule has 0 aromatic heterocycles. The molecule has 0 saturated carbocycles. The molecule has 1 amide bonds. The highest BCUT2D eigenvalue weighted by molar-refractivity contribution is 5.70. The van der Waals surface area contributed by atoms with Crippen LogP contribution in [-0.4, -0.2) is 41.3 Å². The number of hydrogen-bond donors (Lipinski definition) is 1. The summed E-state index contributed by atoms with van der Waals surface area (Å²) in [4.78, 5) is 14.2. The van der Waals surface area contributed by atoms with Crippen LogP contribution in [0.15, 0.2) is 12.2 Å². The highest BCUT2D eigenvalue weighted by Gasteiger charge is 2.46. The summed E-state index contributed by atoms with van der Waals surface area (Å²) in [5.41, 5.74) is 0.661. The lowest BCUT2D eigenvalue weighted by Gasteiger charge is -2.41. The van der Waals surface area contributed by atoms with Gasteiger partial charge in [-0.05, 0) is 40.5 Å². The van der Waals surface area contributed by atoms with Gasteiger partial charge in [0.25, 0.3) is 0 Å². The Bertz CT molecular complexity index is 359. The number of carbonyl (C=O) groups is 1. The number of hydrogen-bond acceptors (Lipinski definition) is 3. The SMILES string of the molecule is C=C(C)[C@@H]1NC[C@@H]2CC[C@H]1N2C(=O)OC(C)(C)C. The minimum Gasteiger partial charge on any atom is -0.444 e. The number of ether oxygens (including phenoxy) is 1. The molecule has 4 heteroatoms. The molecule has 2 aliphatic rings. The quantitative estimate of drug-likeness (QED) is 0.728. The summed E-state index contributed by atoms with van der Waals surface area (Å²) >= 11 is 0. The summed E-state index contributed by atoms with van der Waals surface area (Å²) < 4.78 is 5.52. The van der Waals surface area contributed by atoms with Crippen molar-refractivity contribution in [2.45, 2.75) is 64.3 Å². The Kier molecular flexibility index (Phi) is 3.41. The molecule has 2 aliphatic heterocycles. The monoisotopic (exact) mass is 252 g/mol. The van der Waals surface area contributed by atoms with Crippen LogP contribution in [0.4, 0.5) is 4.79 Å². The number of nitrogens with one attached hydrogen (secondary N) is 1. The first-order valence-electron chi connectivity index (χ1n) is 6.69. The molecule has 0 unspecified atom stereocenters. The average molecular weight is 252 g/mol. The number of piperazine rings is 1. The van der Waals surface area contributed by atoms with E-state index < -0.39 is 5.60 Å². The maximum Gasteiger partial charge on any atom is 0.410 e. The van der Waals surface area contributed by atoms with Crippen molar-refractivity contribution in [2.24, 2.45) is 0 Å². The van der Waals surface area contributed by atoms with E-state index >= 15 is 0 Å². The number of amides is 1. The number of fused-ring (bicyclic) bond motifs is 2. The van der Waals surface area contributed by atoms with Gasteiger partial charge in [-0.25, -0.2) is 4.79 Å². The number of nitrogens with zero attached hydrogens (tertiary/aromatic N) is 1. The summed E-state index contributed by atoms with van der Waals surface area (Å²) in [5, 5.41) is 3.48. The molecule has 3 atom stereocenters. The van der Waals surface area contributed by atoms with E-state index in [-0.39, 0.29) is 24.2 Å². The summed E-state index contributed by atoms with van der Waals surface area (Å²) in [6, 6.07) is 0.688. The summed E-state index contributed by atoms with van der Waals surface area (Å²) in [5.74, 6) is 0. The fourth-order valence-electron chi connectivity index (χ4n) is 2.94. The molecular formula is C14H24N2O2. The van der Waals surface area contributed by atoms with Crippen LogP contribution in [0.2, 0.25) is 0 Å². The second-order valence-corrected chi connectivity index (χ2v) is 6.42. The molecule has 0 aromatic carbocycles.